The molecule has 14 heavy (non-hydrogen) atoms. The van der Waals surface area contributed by atoms with Crippen molar-refractivity contribution >= 4 is 16.9 Å². The average molecular weight is 215 g/mol. The van der Waals surface area contributed by atoms with E-state index in [9.17, 15) is 0 Å². The van der Waals surface area contributed by atoms with E-state index in [0.29, 0.717) is 0 Å². The van der Waals surface area contributed by atoms with E-state index in [1.165, 1.54) is 5.75 Å². The van der Waals surface area contributed by atoms with Crippen LogP contribution < -0.4 is 5.32 Å². The predicted octanol–water partition coefficient (Wildman–Crippen LogP) is 1.27. The third-order valence-electron chi connectivity index (χ3n) is 2.36. The topological polar surface area (TPSA) is 27.6 Å². The molecule has 0 amide bonds. The van der Waals surface area contributed by atoms with Gasteiger partial charge in [-0.25, -0.2) is 0 Å². The minimum Gasteiger partial charge on any atom is -0.364 e. The Morgan fingerprint density at radius 2 is 2.43 bits per heavy atom. The lowest BCUT2D eigenvalue weighted by atomic mass is 10.2. The van der Waals surface area contributed by atoms with Crippen LogP contribution in [0.5, 0.6) is 0 Å². The van der Waals surface area contributed by atoms with Crippen LogP contribution in [0.4, 0.5) is 0 Å². The summed E-state index contributed by atoms with van der Waals surface area (Å²) in [5.74, 6) is 1.94. The van der Waals surface area contributed by atoms with E-state index in [1.807, 2.05) is 11.8 Å². The molecular weight excluding hydrogens is 194 g/mol. The molecule has 1 atom stereocenters. The maximum Gasteiger partial charge on any atom is 0.156 e. The fourth-order valence-electron chi connectivity index (χ4n) is 1.18. The van der Waals surface area contributed by atoms with E-state index in [4.69, 9.17) is 0 Å². The minimum atomic E-state index is 0.740. The van der Waals surface area contributed by atoms with Gasteiger partial charge in [-0.1, -0.05) is 25.6 Å². The first kappa shape index (κ1) is 11.9. The first-order valence-corrected chi connectivity index (χ1v) is 6.30. The summed E-state index contributed by atoms with van der Waals surface area (Å²) in [6, 6.07) is 0. The third-order valence-corrected chi connectivity index (χ3v) is 3.64. The number of amidine groups is 1. The second-order valence-corrected chi connectivity index (χ2v) is 4.89. The van der Waals surface area contributed by atoms with Gasteiger partial charge in [-0.2, -0.15) is 0 Å². The summed E-state index contributed by atoms with van der Waals surface area (Å²) in [6.45, 7) is 8.61. The van der Waals surface area contributed by atoms with E-state index in [0.717, 1.165) is 37.3 Å². The van der Waals surface area contributed by atoms with Crippen molar-refractivity contribution in [2.75, 3.05) is 39.0 Å². The fraction of sp³-hybridized carbons (Fsp3) is 0.900. The molecule has 0 radical (unpaired) electrons. The number of hydrogen-bond acceptors (Lipinski definition) is 4. The molecule has 0 aromatic rings. The number of nitrogens with one attached hydrogen (secondary N) is 1. The van der Waals surface area contributed by atoms with E-state index >= 15 is 0 Å². The van der Waals surface area contributed by atoms with Crippen molar-refractivity contribution in [1.29, 1.82) is 0 Å². The molecular formula is C10H21N3S. The lowest BCUT2D eigenvalue weighted by Gasteiger charge is -2.19. The Bertz CT molecular complexity index is 194. The van der Waals surface area contributed by atoms with Crippen LogP contribution in [0.3, 0.4) is 0 Å². The Kier molecular flexibility index (Phi) is 5.33. The first-order valence-electron chi connectivity index (χ1n) is 5.32. The molecule has 1 unspecified atom stereocenters. The second-order valence-electron chi connectivity index (χ2n) is 3.88. The molecule has 0 saturated carbocycles. The fourth-order valence-corrected chi connectivity index (χ4v) is 2.09. The van der Waals surface area contributed by atoms with Gasteiger partial charge in [0.15, 0.2) is 5.17 Å². The zero-order valence-corrected chi connectivity index (χ0v) is 10.2. The summed E-state index contributed by atoms with van der Waals surface area (Å²) in [6.07, 6.45) is 0. The van der Waals surface area contributed by atoms with Crippen LogP contribution in [-0.2, 0) is 0 Å². The number of likely N-dealkylation sites (N-methyl/N-ethyl adjacent to an activating group) is 1. The number of hydrogen-bond donors (Lipinski definition) is 1. The molecule has 1 rings (SSSR count). The Labute approximate surface area is 91.3 Å². The third kappa shape index (κ3) is 4.33. The van der Waals surface area contributed by atoms with Gasteiger partial charge in [0.2, 0.25) is 0 Å². The normalized spacial score (nSPS) is 22.3. The second kappa shape index (κ2) is 6.30. The summed E-state index contributed by atoms with van der Waals surface area (Å²) < 4.78 is 0. The Balaban J connectivity index is 2.13. The van der Waals surface area contributed by atoms with Gasteiger partial charge >= 0.3 is 0 Å². The number of rotatable bonds is 4. The van der Waals surface area contributed by atoms with Crippen LogP contribution in [0, 0.1) is 5.92 Å². The van der Waals surface area contributed by atoms with Crippen LogP contribution in [0.15, 0.2) is 4.99 Å². The highest BCUT2D eigenvalue weighted by Crippen LogP contribution is 2.15. The number of nitrogens with zero attached hydrogens (tertiary/aromatic N) is 2. The number of aliphatic imine (C=N–C) groups is 1. The predicted molar refractivity (Wildman–Crippen MR) is 65.1 cm³/mol. The highest BCUT2D eigenvalue weighted by Gasteiger charge is 2.11. The van der Waals surface area contributed by atoms with Gasteiger partial charge in [0.05, 0.1) is 0 Å². The van der Waals surface area contributed by atoms with Crippen LogP contribution >= 0.6 is 11.8 Å². The molecule has 1 aliphatic heterocycles. The van der Waals surface area contributed by atoms with Crippen LogP contribution in [-0.4, -0.2) is 49.0 Å². The SMILES string of the molecule is CCN(C)CCNC1=NCC(C)CS1. The molecule has 82 valence electrons. The minimum absolute atomic E-state index is 0.740. The lowest BCUT2D eigenvalue weighted by molar-refractivity contribution is 0.358. The van der Waals surface area contributed by atoms with E-state index in [-0.39, 0.29) is 0 Å². The quantitative estimate of drug-likeness (QED) is 0.765. The molecule has 3 nitrogen and oxygen atoms in total. The van der Waals surface area contributed by atoms with Crippen LogP contribution in [0.2, 0.25) is 0 Å². The van der Waals surface area contributed by atoms with Crippen molar-refractivity contribution < 1.29 is 0 Å². The van der Waals surface area contributed by atoms with E-state index in [1.54, 1.807) is 0 Å². The Morgan fingerprint density at radius 1 is 1.64 bits per heavy atom. The zero-order chi connectivity index (χ0) is 10.4. The molecule has 0 aromatic carbocycles. The summed E-state index contributed by atoms with van der Waals surface area (Å²) in [4.78, 5) is 6.78. The van der Waals surface area contributed by atoms with Gasteiger partial charge in [-0.05, 0) is 19.5 Å². The van der Waals surface area contributed by atoms with Gasteiger partial charge in [-0.15, -0.1) is 0 Å². The first-order chi connectivity index (χ1) is 6.72. The average Bonchev–Trinajstić information content (AvgIpc) is 2.21. The monoisotopic (exact) mass is 215 g/mol. The Hall–Kier alpha value is -0.220. The lowest BCUT2D eigenvalue weighted by Crippen LogP contribution is -2.33. The van der Waals surface area contributed by atoms with Crippen molar-refractivity contribution in [3.8, 4) is 0 Å². The molecule has 4 heteroatoms. The van der Waals surface area contributed by atoms with Crippen LogP contribution in [0.25, 0.3) is 0 Å². The van der Waals surface area contributed by atoms with Crippen molar-refractivity contribution in [3.63, 3.8) is 0 Å². The van der Waals surface area contributed by atoms with Crippen molar-refractivity contribution in [2.45, 2.75) is 13.8 Å². The van der Waals surface area contributed by atoms with Gasteiger partial charge in [0.1, 0.15) is 0 Å². The van der Waals surface area contributed by atoms with Crippen molar-refractivity contribution in [2.24, 2.45) is 10.9 Å². The molecule has 0 fully saturated rings. The molecule has 0 spiro atoms. The summed E-state index contributed by atoms with van der Waals surface area (Å²) in [5, 5.41) is 4.51. The van der Waals surface area contributed by atoms with Crippen LogP contribution in [0.1, 0.15) is 13.8 Å². The van der Waals surface area contributed by atoms with Gasteiger partial charge < -0.3 is 10.2 Å². The molecule has 0 saturated heterocycles. The van der Waals surface area contributed by atoms with Gasteiger partial charge in [0, 0.05) is 25.4 Å². The Morgan fingerprint density at radius 3 is 3.00 bits per heavy atom. The molecule has 1 heterocycles. The van der Waals surface area contributed by atoms with E-state index < -0.39 is 0 Å². The highest BCUT2D eigenvalue weighted by atomic mass is 32.2. The summed E-state index contributed by atoms with van der Waals surface area (Å²) in [7, 11) is 2.14. The van der Waals surface area contributed by atoms with Crippen molar-refractivity contribution in [1.82, 2.24) is 10.2 Å². The molecule has 0 aliphatic carbocycles. The largest absolute Gasteiger partial charge is 0.364 e. The molecule has 0 aromatic heterocycles. The standard InChI is InChI=1S/C10H21N3S/c1-4-13(3)6-5-11-10-12-7-9(2)8-14-10/h9H,4-8H2,1-3H3,(H,11,12). The maximum atomic E-state index is 4.48. The van der Waals surface area contributed by atoms with E-state index in [2.05, 4.69) is 36.1 Å². The zero-order valence-electron chi connectivity index (χ0n) is 9.42. The van der Waals surface area contributed by atoms with Gasteiger partial charge in [-0.3, -0.25) is 4.99 Å². The molecule has 1 N–H and O–H groups in total. The summed E-state index contributed by atoms with van der Waals surface area (Å²) in [5.41, 5.74) is 0. The molecule has 1 aliphatic rings. The summed E-state index contributed by atoms with van der Waals surface area (Å²) >= 11 is 1.85. The maximum absolute atomic E-state index is 4.48. The highest BCUT2D eigenvalue weighted by molar-refractivity contribution is 8.13. The van der Waals surface area contributed by atoms with Gasteiger partial charge in [0.25, 0.3) is 0 Å². The smallest absolute Gasteiger partial charge is 0.156 e. The molecule has 0 bridgehead atoms. The van der Waals surface area contributed by atoms with Crippen molar-refractivity contribution in [3.05, 3.63) is 0 Å². The number of thioether (sulfide) groups is 1.